The van der Waals surface area contributed by atoms with Gasteiger partial charge in [0.05, 0.1) is 5.69 Å². The molecule has 0 saturated carbocycles. The summed E-state index contributed by atoms with van der Waals surface area (Å²) in [7, 11) is 0. The molecule has 2 aromatic rings. The third-order valence-electron chi connectivity index (χ3n) is 3.36. The second kappa shape index (κ2) is 6.71. The fourth-order valence-corrected chi connectivity index (χ4v) is 2.22. The molecular weight excluding hydrogens is 262 g/mol. The van der Waals surface area contributed by atoms with E-state index in [1.54, 1.807) is 0 Å². The smallest absolute Gasteiger partial charge is 0.222 e. The first-order chi connectivity index (χ1) is 10.2. The maximum absolute atomic E-state index is 9.20. The van der Waals surface area contributed by atoms with E-state index in [2.05, 4.69) is 29.0 Å². The number of aryl methyl sites for hydroxylation is 1. The molecule has 0 amide bonds. The number of benzene rings is 1. The van der Waals surface area contributed by atoms with Crippen molar-refractivity contribution in [1.29, 1.82) is 5.26 Å². The van der Waals surface area contributed by atoms with E-state index in [-0.39, 0.29) is 17.3 Å². The van der Waals surface area contributed by atoms with E-state index in [0.29, 0.717) is 5.69 Å². The Morgan fingerprint density at radius 2 is 1.81 bits per heavy atom. The summed E-state index contributed by atoms with van der Waals surface area (Å²) in [4.78, 5) is 7.96. The molecule has 4 N–H and O–H groups in total. The molecule has 108 valence electrons. The predicted molar refractivity (Wildman–Crippen MR) is 84.2 cm³/mol. The number of nitrogen functional groups attached to an aromatic ring is 2. The highest BCUT2D eigenvalue weighted by Crippen LogP contribution is 2.25. The van der Waals surface area contributed by atoms with E-state index >= 15 is 0 Å². The van der Waals surface area contributed by atoms with Crippen LogP contribution in [0, 0.1) is 11.3 Å². The summed E-state index contributed by atoms with van der Waals surface area (Å²) >= 11 is 0. The van der Waals surface area contributed by atoms with Crippen LogP contribution in [-0.4, -0.2) is 9.97 Å². The summed E-state index contributed by atoms with van der Waals surface area (Å²) in [6, 6.07) is 10.0. The van der Waals surface area contributed by atoms with Crippen LogP contribution >= 0.6 is 0 Å². The lowest BCUT2D eigenvalue weighted by Gasteiger charge is -2.07. The fraction of sp³-hybridized carbons (Fsp3) is 0.312. The zero-order valence-electron chi connectivity index (χ0n) is 12.1. The number of anilines is 2. The Hall–Kier alpha value is -2.61. The number of aromatic nitrogens is 2. The van der Waals surface area contributed by atoms with Gasteiger partial charge in [-0.05, 0) is 18.4 Å². The van der Waals surface area contributed by atoms with Crippen molar-refractivity contribution in [2.45, 2.75) is 32.6 Å². The van der Waals surface area contributed by atoms with Gasteiger partial charge in [0.1, 0.15) is 17.5 Å². The first kappa shape index (κ1) is 14.8. The van der Waals surface area contributed by atoms with Crippen molar-refractivity contribution in [3.05, 3.63) is 35.4 Å². The molecule has 0 aliphatic carbocycles. The molecule has 0 aliphatic rings. The highest BCUT2D eigenvalue weighted by atomic mass is 15.0. The molecule has 0 fully saturated rings. The lowest BCUT2D eigenvalue weighted by atomic mass is 10.0. The van der Waals surface area contributed by atoms with E-state index in [1.165, 1.54) is 24.8 Å². The summed E-state index contributed by atoms with van der Waals surface area (Å²) < 4.78 is 0. The Balaban J connectivity index is 2.29. The van der Waals surface area contributed by atoms with E-state index < -0.39 is 0 Å². The third kappa shape index (κ3) is 3.48. The van der Waals surface area contributed by atoms with Gasteiger partial charge in [-0.2, -0.15) is 10.2 Å². The number of nitrogens with zero attached hydrogens (tertiary/aromatic N) is 3. The SMILES string of the molecule is CCCCCc1ccc(-c2nc(N)nc(N)c2C#N)cc1. The standard InChI is InChI=1S/C16H19N5/c1-2-3-4-5-11-6-8-12(9-7-11)14-13(10-17)15(18)21-16(19)20-14/h6-9H,2-5H2,1H3,(H4,18,19,20,21). The Kier molecular flexibility index (Phi) is 4.72. The molecule has 0 unspecified atom stereocenters. The second-order valence-electron chi connectivity index (χ2n) is 4.96. The lowest BCUT2D eigenvalue weighted by molar-refractivity contribution is 0.717. The van der Waals surface area contributed by atoms with Gasteiger partial charge in [0.25, 0.3) is 0 Å². The van der Waals surface area contributed by atoms with Crippen molar-refractivity contribution >= 4 is 11.8 Å². The van der Waals surface area contributed by atoms with Crippen molar-refractivity contribution < 1.29 is 0 Å². The molecule has 1 aromatic carbocycles. The van der Waals surface area contributed by atoms with E-state index in [4.69, 9.17) is 11.5 Å². The summed E-state index contributed by atoms with van der Waals surface area (Å²) in [5.74, 6) is 0.195. The van der Waals surface area contributed by atoms with Crippen LogP contribution in [0.4, 0.5) is 11.8 Å². The first-order valence-electron chi connectivity index (χ1n) is 7.08. The van der Waals surface area contributed by atoms with E-state index in [0.717, 1.165) is 12.0 Å². The topological polar surface area (TPSA) is 102 Å². The van der Waals surface area contributed by atoms with Crippen LogP contribution < -0.4 is 11.5 Å². The minimum Gasteiger partial charge on any atom is -0.382 e. The van der Waals surface area contributed by atoms with Crippen molar-refractivity contribution in [1.82, 2.24) is 9.97 Å². The van der Waals surface area contributed by atoms with Gasteiger partial charge >= 0.3 is 0 Å². The van der Waals surface area contributed by atoms with E-state index in [1.807, 2.05) is 18.2 Å². The van der Waals surface area contributed by atoms with Gasteiger partial charge in [-0.3, -0.25) is 0 Å². The number of hydrogen-bond donors (Lipinski definition) is 2. The normalized spacial score (nSPS) is 10.3. The number of nitriles is 1. The number of hydrogen-bond acceptors (Lipinski definition) is 5. The molecule has 5 heteroatoms. The number of nitrogens with two attached hydrogens (primary N) is 2. The number of unbranched alkanes of at least 4 members (excludes halogenated alkanes) is 2. The third-order valence-corrected chi connectivity index (χ3v) is 3.36. The summed E-state index contributed by atoms with van der Waals surface area (Å²) in [5.41, 5.74) is 14.2. The monoisotopic (exact) mass is 281 g/mol. The minimum atomic E-state index is 0.0773. The van der Waals surface area contributed by atoms with Crippen LogP contribution in [0.3, 0.4) is 0 Å². The van der Waals surface area contributed by atoms with Gasteiger partial charge in [-0.1, -0.05) is 44.0 Å². The van der Waals surface area contributed by atoms with Gasteiger partial charge in [-0.25, -0.2) is 4.98 Å². The van der Waals surface area contributed by atoms with E-state index in [9.17, 15) is 5.26 Å². The van der Waals surface area contributed by atoms with Crippen LogP contribution in [0.5, 0.6) is 0 Å². The van der Waals surface area contributed by atoms with Crippen LogP contribution in [0.25, 0.3) is 11.3 Å². The fourth-order valence-electron chi connectivity index (χ4n) is 2.22. The van der Waals surface area contributed by atoms with Crippen LogP contribution in [0.1, 0.15) is 37.3 Å². The Morgan fingerprint density at radius 3 is 2.43 bits per heavy atom. The molecule has 1 heterocycles. The average molecular weight is 281 g/mol. The van der Waals surface area contributed by atoms with Crippen molar-refractivity contribution in [2.24, 2.45) is 0 Å². The molecule has 1 aromatic heterocycles. The Bertz CT molecular complexity index is 656. The maximum atomic E-state index is 9.20. The van der Waals surface area contributed by atoms with Gasteiger partial charge < -0.3 is 11.5 Å². The molecule has 0 radical (unpaired) electrons. The van der Waals surface area contributed by atoms with Gasteiger partial charge in [-0.15, -0.1) is 0 Å². The molecule has 0 aliphatic heterocycles. The molecule has 5 nitrogen and oxygen atoms in total. The van der Waals surface area contributed by atoms with Crippen molar-refractivity contribution in [3.8, 4) is 17.3 Å². The zero-order valence-corrected chi connectivity index (χ0v) is 12.1. The van der Waals surface area contributed by atoms with Gasteiger partial charge in [0.15, 0.2) is 0 Å². The van der Waals surface area contributed by atoms with Gasteiger partial charge in [0.2, 0.25) is 5.95 Å². The Morgan fingerprint density at radius 1 is 1.10 bits per heavy atom. The summed E-state index contributed by atoms with van der Waals surface area (Å²) in [6.45, 7) is 2.19. The highest BCUT2D eigenvalue weighted by Gasteiger charge is 2.12. The lowest BCUT2D eigenvalue weighted by Crippen LogP contribution is -2.04. The first-order valence-corrected chi connectivity index (χ1v) is 7.08. The molecule has 2 rings (SSSR count). The summed E-state index contributed by atoms with van der Waals surface area (Å²) in [5, 5.41) is 9.20. The molecule has 0 spiro atoms. The quantitative estimate of drug-likeness (QED) is 0.820. The number of rotatable bonds is 5. The molecule has 0 bridgehead atoms. The summed E-state index contributed by atoms with van der Waals surface area (Å²) in [6.07, 6.45) is 4.70. The van der Waals surface area contributed by atoms with Gasteiger partial charge in [0, 0.05) is 5.56 Å². The predicted octanol–water partition coefficient (Wildman–Crippen LogP) is 2.91. The Labute approximate surface area is 124 Å². The maximum Gasteiger partial charge on any atom is 0.222 e. The molecular formula is C16H19N5. The molecule has 0 atom stereocenters. The van der Waals surface area contributed by atoms with Crippen molar-refractivity contribution in [3.63, 3.8) is 0 Å². The average Bonchev–Trinajstić information content (AvgIpc) is 2.47. The largest absolute Gasteiger partial charge is 0.382 e. The minimum absolute atomic E-state index is 0.0773. The molecule has 0 saturated heterocycles. The molecule has 21 heavy (non-hydrogen) atoms. The van der Waals surface area contributed by atoms with Crippen LogP contribution in [0.15, 0.2) is 24.3 Å². The highest BCUT2D eigenvalue weighted by molar-refractivity contribution is 5.73. The van der Waals surface area contributed by atoms with Crippen LogP contribution in [0.2, 0.25) is 0 Å². The second-order valence-corrected chi connectivity index (χ2v) is 4.96. The van der Waals surface area contributed by atoms with Crippen molar-refractivity contribution in [2.75, 3.05) is 11.5 Å². The van der Waals surface area contributed by atoms with Crippen LogP contribution in [-0.2, 0) is 6.42 Å². The zero-order chi connectivity index (χ0) is 15.2.